The third-order valence-electron chi connectivity index (χ3n) is 5.10. The summed E-state index contributed by atoms with van der Waals surface area (Å²) in [6.45, 7) is 3.51. The van der Waals surface area contributed by atoms with Crippen molar-refractivity contribution in [1.29, 1.82) is 0 Å². The van der Waals surface area contributed by atoms with Crippen molar-refractivity contribution in [3.63, 3.8) is 0 Å². The first-order valence-corrected chi connectivity index (χ1v) is 10.3. The van der Waals surface area contributed by atoms with Crippen LogP contribution in [0.4, 0.5) is 11.6 Å². The number of aryl methyl sites for hydroxylation is 1. The van der Waals surface area contributed by atoms with Crippen molar-refractivity contribution in [2.24, 2.45) is 0 Å². The van der Waals surface area contributed by atoms with E-state index in [9.17, 15) is 4.79 Å². The number of anilines is 2. The van der Waals surface area contributed by atoms with Crippen LogP contribution in [0.15, 0.2) is 48.8 Å². The first-order chi connectivity index (χ1) is 15.1. The fraction of sp³-hybridized carbons (Fsp3) is 0.304. The molecule has 8 nitrogen and oxygen atoms in total. The minimum atomic E-state index is -0.131. The fourth-order valence-electron chi connectivity index (χ4n) is 3.37. The van der Waals surface area contributed by atoms with Gasteiger partial charge in [0.05, 0.1) is 13.2 Å². The smallest absolute Gasteiger partial charge is 0.251 e. The second-order valence-electron chi connectivity index (χ2n) is 7.32. The second-order valence-corrected chi connectivity index (χ2v) is 7.32. The van der Waals surface area contributed by atoms with Gasteiger partial charge in [-0.1, -0.05) is 0 Å². The molecule has 2 aromatic carbocycles. The van der Waals surface area contributed by atoms with Crippen LogP contribution in [0, 0.1) is 6.92 Å². The predicted octanol–water partition coefficient (Wildman–Crippen LogP) is 3.51. The first kappa shape index (κ1) is 20.7. The lowest BCUT2D eigenvalue weighted by molar-refractivity contribution is 0.0253. The van der Waals surface area contributed by atoms with Gasteiger partial charge < -0.3 is 20.1 Å². The lowest BCUT2D eigenvalue weighted by Crippen LogP contribution is -2.26. The predicted molar refractivity (Wildman–Crippen MR) is 118 cm³/mol. The zero-order valence-corrected chi connectivity index (χ0v) is 17.6. The molecule has 0 radical (unpaired) electrons. The second kappa shape index (κ2) is 9.53. The lowest BCUT2D eigenvalue weighted by atomic mass is 10.1. The van der Waals surface area contributed by atoms with E-state index >= 15 is 0 Å². The summed E-state index contributed by atoms with van der Waals surface area (Å²) in [6.07, 6.45) is 3.49. The number of nitrogens with one attached hydrogen (secondary N) is 2. The number of hydrogen-bond acceptors (Lipinski definition) is 7. The van der Waals surface area contributed by atoms with E-state index in [2.05, 4.69) is 25.6 Å². The van der Waals surface area contributed by atoms with E-state index in [4.69, 9.17) is 9.47 Å². The van der Waals surface area contributed by atoms with Crippen LogP contribution >= 0.6 is 0 Å². The van der Waals surface area contributed by atoms with Crippen LogP contribution in [-0.2, 0) is 4.74 Å². The zero-order valence-electron chi connectivity index (χ0n) is 17.6. The Hall–Kier alpha value is -3.52. The van der Waals surface area contributed by atoms with Gasteiger partial charge in [-0.2, -0.15) is 4.98 Å². The molecule has 2 heterocycles. The lowest BCUT2D eigenvalue weighted by Gasteiger charge is -2.24. The van der Waals surface area contributed by atoms with Crippen LogP contribution in [0.25, 0.3) is 11.4 Å². The Morgan fingerprint density at radius 2 is 1.87 bits per heavy atom. The monoisotopic (exact) mass is 419 g/mol. The normalized spacial score (nSPS) is 14.1. The van der Waals surface area contributed by atoms with Gasteiger partial charge in [0.25, 0.3) is 5.91 Å². The van der Waals surface area contributed by atoms with Crippen molar-refractivity contribution in [2.45, 2.75) is 25.9 Å². The number of carbonyl (C=O) groups excluding carboxylic acids is 1. The number of benzene rings is 2. The van der Waals surface area contributed by atoms with Gasteiger partial charge >= 0.3 is 0 Å². The van der Waals surface area contributed by atoms with Gasteiger partial charge in [0.15, 0.2) is 5.82 Å². The van der Waals surface area contributed by atoms with Gasteiger partial charge in [0.2, 0.25) is 5.95 Å². The van der Waals surface area contributed by atoms with Gasteiger partial charge in [-0.15, -0.1) is 0 Å². The third-order valence-corrected chi connectivity index (χ3v) is 5.10. The number of amides is 1. The number of aromatic nitrogens is 3. The molecule has 31 heavy (non-hydrogen) atoms. The Labute approximate surface area is 181 Å². The summed E-state index contributed by atoms with van der Waals surface area (Å²) < 4.78 is 11.5. The minimum Gasteiger partial charge on any atom is -0.490 e. The highest BCUT2D eigenvalue weighted by Gasteiger charge is 2.16. The number of hydrogen-bond donors (Lipinski definition) is 2. The van der Waals surface area contributed by atoms with Crippen molar-refractivity contribution < 1.29 is 14.3 Å². The Balaban J connectivity index is 1.47. The molecule has 1 fully saturated rings. The molecule has 1 amide bonds. The third kappa shape index (κ3) is 5.16. The molecule has 0 aliphatic carbocycles. The van der Waals surface area contributed by atoms with E-state index in [0.717, 1.165) is 48.6 Å². The average Bonchev–Trinajstić information content (AvgIpc) is 2.81. The first-order valence-electron chi connectivity index (χ1n) is 10.3. The molecule has 4 rings (SSSR count). The maximum atomic E-state index is 11.7. The molecule has 0 atom stereocenters. The molecule has 1 aromatic heterocycles. The van der Waals surface area contributed by atoms with E-state index in [0.29, 0.717) is 17.3 Å². The van der Waals surface area contributed by atoms with Crippen LogP contribution < -0.4 is 15.4 Å². The highest BCUT2D eigenvalue weighted by molar-refractivity contribution is 5.94. The van der Waals surface area contributed by atoms with Gasteiger partial charge in [0, 0.05) is 36.7 Å². The summed E-state index contributed by atoms with van der Waals surface area (Å²) in [7, 11) is 1.60. The maximum absolute atomic E-state index is 11.7. The molecule has 160 valence electrons. The number of carbonyl (C=O) groups is 1. The van der Waals surface area contributed by atoms with Crippen molar-refractivity contribution in [3.05, 3.63) is 59.9 Å². The minimum absolute atomic E-state index is 0.131. The van der Waals surface area contributed by atoms with Gasteiger partial charge in [-0.3, -0.25) is 4.79 Å². The molecule has 3 aromatic rings. The summed E-state index contributed by atoms with van der Waals surface area (Å²) in [5, 5.41) is 5.75. The molecule has 1 aliphatic heterocycles. The maximum Gasteiger partial charge on any atom is 0.251 e. The summed E-state index contributed by atoms with van der Waals surface area (Å²) in [4.78, 5) is 24.7. The molecule has 0 unspecified atom stereocenters. The Morgan fingerprint density at radius 1 is 1.10 bits per heavy atom. The molecular weight excluding hydrogens is 394 g/mol. The molecule has 0 spiro atoms. The van der Waals surface area contributed by atoms with Crippen LogP contribution in [-0.4, -0.2) is 47.2 Å². The standard InChI is InChI=1S/C23H25N5O3/c1-15-13-17(5-8-20(15)31-19-9-11-30-12-10-19)21-25-14-26-23(28-21)27-18-6-3-16(4-7-18)22(29)24-2/h3-8,13-14,19H,9-12H2,1-2H3,(H,24,29)(H,25,26,27,28). The molecule has 8 heteroatoms. The number of ether oxygens (including phenoxy) is 2. The summed E-state index contributed by atoms with van der Waals surface area (Å²) in [6, 6.07) is 13.0. The number of rotatable bonds is 6. The Morgan fingerprint density at radius 3 is 2.58 bits per heavy atom. The largest absolute Gasteiger partial charge is 0.490 e. The van der Waals surface area contributed by atoms with E-state index < -0.39 is 0 Å². The van der Waals surface area contributed by atoms with Crippen LogP contribution in [0.3, 0.4) is 0 Å². The van der Waals surface area contributed by atoms with E-state index in [1.807, 2.05) is 25.1 Å². The van der Waals surface area contributed by atoms with Crippen LogP contribution in [0.2, 0.25) is 0 Å². The van der Waals surface area contributed by atoms with Crippen molar-refractivity contribution >= 4 is 17.5 Å². The molecule has 1 saturated heterocycles. The topological polar surface area (TPSA) is 98.3 Å². The SMILES string of the molecule is CNC(=O)c1ccc(Nc2ncnc(-c3ccc(OC4CCOCC4)c(C)c3)n2)cc1. The van der Waals surface area contributed by atoms with Gasteiger partial charge in [-0.05, 0) is 55.0 Å². The quantitative estimate of drug-likeness (QED) is 0.631. The average molecular weight is 419 g/mol. The number of nitrogens with zero attached hydrogens (tertiary/aromatic N) is 3. The van der Waals surface area contributed by atoms with Crippen molar-refractivity contribution in [3.8, 4) is 17.1 Å². The summed E-state index contributed by atoms with van der Waals surface area (Å²) >= 11 is 0. The summed E-state index contributed by atoms with van der Waals surface area (Å²) in [5.41, 5.74) is 3.28. The Bertz CT molecular complexity index is 1050. The highest BCUT2D eigenvalue weighted by Crippen LogP contribution is 2.27. The molecular formula is C23H25N5O3. The molecule has 0 saturated carbocycles. The Kier molecular flexibility index (Phi) is 6.37. The van der Waals surface area contributed by atoms with Gasteiger partial charge in [-0.25, -0.2) is 9.97 Å². The van der Waals surface area contributed by atoms with Crippen LogP contribution in [0.1, 0.15) is 28.8 Å². The summed E-state index contributed by atoms with van der Waals surface area (Å²) in [5.74, 6) is 1.74. The van der Waals surface area contributed by atoms with E-state index in [1.165, 1.54) is 6.33 Å². The zero-order chi connectivity index (χ0) is 21.6. The fourth-order valence-corrected chi connectivity index (χ4v) is 3.37. The molecule has 0 bridgehead atoms. The highest BCUT2D eigenvalue weighted by atomic mass is 16.5. The van der Waals surface area contributed by atoms with E-state index in [1.54, 1.807) is 31.3 Å². The van der Waals surface area contributed by atoms with Crippen molar-refractivity contribution in [1.82, 2.24) is 20.3 Å². The molecule has 2 N–H and O–H groups in total. The molecule has 1 aliphatic rings. The van der Waals surface area contributed by atoms with Crippen molar-refractivity contribution in [2.75, 3.05) is 25.6 Å². The van der Waals surface area contributed by atoms with Gasteiger partial charge in [0.1, 0.15) is 18.2 Å². The van der Waals surface area contributed by atoms with E-state index in [-0.39, 0.29) is 12.0 Å². The van der Waals surface area contributed by atoms with Crippen LogP contribution in [0.5, 0.6) is 5.75 Å².